The first-order valence-electron chi connectivity index (χ1n) is 4.81. The highest BCUT2D eigenvalue weighted by Gasteiger charge is 2.19. The van der Waals surface area contributed by atoms with Gasteiger partial charge in [0.2, 0.25) is 5.75 Å². The number of rotatable bonds is 2. The normalized spacial score (nSPS) is 10.4. The minimum Gasteiger partial charge on any atom is -0.490 e. The second-order valence-electron chi connectivity index (χ2n) is 3.34. The highest BCUT2D eigenvalue weighted by molar-refractivity contribution is 5.66. The molecular formula is C11H7F3N2O2. The van der Waals surface area contributed by atoms with E-state index in [4.69, 9.17) is 4.74 Å². The van der Waals surface area contributed by atoms with Crippen molar-refractivity contribution in [2.75, 3.05) is 7.11 Å². The Balaban J connectivity index is 2.74. The van der Waals surface area contributed by atoms with E-state index in [2.05, 4.69) is 9.97 Å². The van der Waals surface area contributed by atoms with E-state index in [9.17, 15) is 18.0 Å². The van der Waals surface area contributed by atoms with Gasteiger partial charge in [0, 0.05) is 5.56 Å². The molecule has 0 radical (unpaired) electrons. The SMILES string of the molecule is COc1c(-c2ccc(F)c(F)c2F)nc[nH]c1=O. The number of nitrogens with zero attached hydrogens (tertiary/aromatic N) is 1. The van der Waals surface area contributed by atoms with E-state index in [1.165, 1.54) is 7.11 Å². The van der Waals surface area contributed by atoms with Crippen LogP contribution in [0.4, 0.5) is 13.2 Å². The van der Waals surface area contributed by atoms with Crippen LogP contribution in [-0.4, -0.2) is 17.1 Å². The second kappa shape index (κ2) is 4.52. The summed E-state index contributed by atoms with van der Waals surface area (Å²) >= 11 is 0. The number of methoxy groups -OCH3 is 1. The van der Waals surface area contributed by atoms with E-state index in [1.54, 1.807) is 0 Å². The summed E-state index contributed by atoms with van der Waals surface area (Å²) < 4.78 is 44.3. The minimum atomic E-state index is -1.63. The lowest BCUT2D eigenvalue weighted by molar-refractivity contribution is 0.406. The quantitative estimate of drug-likeness (QED) is 0.834. The molecule has 0 atom stereocenters. The van der Waals surface area contributed by atoms with E-state index in [-0.39, 0.29) is 17.0 Å². The Kier molecular flexibility index (Phi) is 3.05. The third-order valence-corrected chi connectivity index (χ3v) is 2.31. The van der Waals surface area contributed by atoms with Crippen LogP contribution in [0, 0.1) is 17.5 Å². The molecule has 94 valence electrons. The van der Waals surface area contributed by atoms with Crippen molar-refractivity contribution < 1.29 is 17.9 Å². The van der Waals surface area contributed by atoms with Crippen molar-refractivity contribution in [3.05, 3.63) is 46.3 Å². The molecule has 2 rings (SSSR count). The summed E-state index contributed by atoms with van der Waals surface area (Å²) in [6, 6.07) is 1.73. The fourth-order valence-electron chi connectivity index (χ4n) is 1.48. The molecule has 0 aliphatic carbocycles. The fraction of sp³-hybridized carbons (Fsp3) is 0.0909. The van der Waals surface area contributed by atoms with E-state index < -0.39 is 23.0 Å². The first-order chi connectivity index (χ1) is 8.56. The second-order valence-corrected chi connectivity index (χ2v) is 3.34. The average molecular weight is 256 g/mol. The lowest BCUT2D eigenvalue weighted by Gasteiger charge is -2.07. The van der Waals surface area contributed by atoms with Crippen molar-refractivity contribution in [1.29, 1.82) is 0 Å². The summed E-state index contributed by atoms with van der Waals surface area (Å²) in [7, 11) is 1.19. The Hall–Kier alpha value is -2.31. The summed E-state index contributed by atoms with van der Waals surface area (Å²) in [5, 5.41) is 0. The van der Waals surface area contributed by atoms with E-state index in [0.29, 0.717) is 0 Å². The Bertz CT molecular complexity index is 655. The highest BCUT2D eigenvalue weighted by Crippen LogP contribution is 2.28. The van der Waals surface area contributed by atoms with Gasteiger partial charge in [0.15, 0.2) is 17.5 Å². The van der Waals surface area contributed by atoms with Crippen molar-refractivity contribution in [1.82, 2.24) is 9.97 Å². The van der Waals surface area contributed by atoms with Gasteiger partial charge in [0.1, 0.15) is 5.69 Å². The Morgan fingerprint density at radius 1 is 1.22 bits per heavy atom. The number of H-pyrrole nitrogens is 1. The summed E-state index contributed by atoms with van der Waals surface area (Å²) in [5.41, 5.74) is -1.19. The van der Waals surface area contributed by atoms with Crippen LogP contribution in [0.25, 0.3) is 11.3 Å². The molecule has 7 heteroatoms. The number of ether oxygens (including phenoxy) is 1. The molecule has 1 aromatic heterocycles. The van der Waals surface area contributed by atoms with Gasteiger partial charge in [-0.1, -0.05) is 0 Å². The molecule has 0 bridgehead atoms. The zero-order valence-corrected chi connectivity index (χ0v) is 9.13. The molecule has 0 aliphatic rings. The maximum Gasteiger partial charge on any atom is 0.293 e. The van der Waals surface area contributed by atoms with Crippen molar-refractivity contribution in [3.63, 3.8) is 0 Å². The zero-order chi connectivity index (χ0) is 13.3. The highest BCUT2D eigenvalue weighted by atomic mass is 19.2. The van der Waals surface area contributed by atoms with Crippen LogP contribution in [0.2, 0.25) is 0 Å². The van der Waals surface area contributed by atoms with Crippen LogP contribution in [0.5, 0.6) is 5.75 Å². The number of benzene rings is 1. The Morgan fingerprint density at radius 3 is 2.61 bits per heavy atom. The molecular weight excluding hydrogens is 249 g/mol. The van der Waals surface area contributed by atoms with Crippen molar-refractivity contribution in [2.45, 2.75) is 0 Å². The minimum absolute atomic E-state index is 0.197. The molecule has 0 spiro atoms. The van der Waals surface area contributed by atoms with Gasteiger partial charge in [0.25, 0.3) is 5.56 Å². The van der Waals surface area contributed by atoms with Crippen molar-refractivity contribution >= 4 is 0 Å². The molecule has 0 aliphatic heterocycles. The van der Waals surface area contributed by atoms with E-state index in [0.717, 1.165) is 18.5 Å². The average Bonchev–Trinajstić information content (AvgIpc) is 2.36. The lowest BCUT2D eigenvalue weighted by atomic mass is 10.1. The molecule has 1 N–H and O–H groups in total. The summed E-state index contributed by atoms with van der Waals surface area (Å²) in [6.45, 7) is 0. The van der Waals surface area contributed by atoms with Crippen LogP contribution in [0.3, 0.4) is 0 Å². The summed E-state index contributed by atoms with van der Waals surface area (Å²) in [4.78, 5) is 17.3. The number of nitrogens with one attached hydrogen (secondary N) is 1. The first kappa shape index (κ1) is 12.2. The largest absolute Gasteiger partial charge is 0.490 e. The number of halogens is 3. The Labute approximate surface area is 99.1 Å². The third kappa shape index (κ3) is 1.83. The lowest BCUT2D eigenvalue weighted by Crippen LogP contribution is -2.12. The van der Waals surface area contributed by atoms with Gasteiger partial charge < -0.3 is 9.72 Å². The van der Waals surface area contributed by atoms with Crippen molar-refractivity contribution in [2.24, 2.45) is 0 Å². The molecule has 0 amide bonds. The zero-order valence-electron chi connectivity index (χ0n) is 9.13. The number of aromatic amines is 1. The maximum absolute atomic E-state index is 13.6. The van der Waals surface area contributed by atoms with Crippen LogP contribution >= 0.6 is 0 Å². The summed E-state index contributed by atoms with van der Waals surface area (Å²) in [6.07, 6.45) is 1.01. The predicted molar refractivity (Wildman–Crippen MR) is 56.7 cm³/mol. The van der Waals surface area contributed by atoms with Crippen LogP contribution < -0.4 is 10.3 Å². The fourth-order valence-corrected chi connectivity index (χ4v) is 1.48. The van der Waals surface area contributed by atoms with Crippen LogP contribution in [0.1, 0.15) is 0 Å². The van der Waals surface area contributed by atoms with Crippen molar-refractivity contribution in [3.8, 4) is 17.0 Å². The molecule has 4 nitrogen and oxygen atoms in total. The van der Waals surface area contributed by atoms with E-state index >= 15 is 0 Å². The molecule has 0 fully saturated rings. The monoisotopic (exact) mass is 256 g/mol. The van der Waals surface area contributed by atoms with Gasteiger partial charge in [-0.25, -0.2) is 18.2 Å². The molecule has 0 unspecified atom stereocenters. The number of aromatic nitrogens is 2. The molecule has 0 saturated heterocycles. The molecule has 0 saturated carbocycles. The number of hydrogen-bond donors (Lipinski definition) is 1. The molecule has 1 heterocycles. The van der Waals surface area contributed by atoms with Gasteiger partial charge in [-0.2, -0.15) is 0 Å². The molecule has 18 heavy (non-hydrogen) atoms. The molecule has 2 aromatic rings. The smallest absolute Gasteiger partial charge is 0.293 e. The standard InChI is InChI=1S/C11H7F3N2O2/c1-18-10-9(15-4-16-11(10)17)5-2-3-6(12)8(14)7(5)13/h2-4H,1H3,(H,15,16,17). The third-order valence-electron chi connectivity index (χ3n) is 2.31. The van der Waals surface area contributed by atoms with Gasteiger partial charge in [-0.15, -0.1) is 0 Å². The first-order valence-corrected chi connectivity index (χ1v) is 4.81. The summed E-state index contributed by atoms with van der Waals surface area (Å²) in [5.74, 6) is -4.65. The van der Waals surface area contributed by atoms with Gasteiger partial charge >= 0.3 is 0 Å². The van der Waals surface area contributed by atoms with Gasteiger partial charge in [0.05, 0.1) is 13.4 Å². The molecule has 1 aromatic carbocycles. The van der Waals surface area contributed by atoms with Gasteiger partial charge in [-0.3, -0.25) is 4.79 Å². The number of hydrogen-bond acceptors (Lipinski definition) is 3. The van der Waals surface area contributed by atoms with Gasteiger partial charge in [-0.05, 0) is 12.1 Å². The predicted octanol–water partition coefficient (Wildman–Crippen LogP) is 1.86. The Morgan fingerprint density at radius 2 is 1.94 bits per heavy atom. The maximum atomic E-state index is 13.6. The topological polar surface area (TPSA) is 55.0 Å². The van der Waals surface area contributed by atoms with Crippen LogP contribution in [0.15, 0.2) is 23.3 Å². The van der Waals surface area contributed by atoms with Crippen LogP contribution in [-0.2, 0) is 0 Å². The van der Waals surface area contributed by atoms with E-state index in [1.807, 2.05) is 0 Å².